The Morgan fingerprint density at radius 1 is 1.53 bits per heavy atom. The number of halogens is 1. The Morgan fingerprint density at radius 3 is 3.18 bits per heavy atom. The number of hydrogen-bond acceptors (Lipinski definition) is 2. The topological polar surface area (TPSA) is 48.1 Å². The van der Waals surface area contributed by atoms with Crippen LogP contribution in [0.15, 0.2) is 24.0 Å². The van der Waals surface area contributed by atoms with Crippen LogP contribution in [-0.4, -0.2) is 21.4 Å². The molecule has 0 amide bonds. The van der Waals surface area contributed by atoms with Crippen molar-refractivity contribution in [1.82, 2.24) is 4.57 Å². The van der Waals surface area contributed by atoms with E-state index in [2.05, 4.69) is 0 Å². The van der Waals surface area contributed by atoms with Crippen molar-refractivity contribution in [3.63, 3.8) is 0 Å². The summed E-state index contributed by atoms with van der Waals surface area (Å²) in [6.45, 7) is 0. The SMILES string of the molecule is O=C1C2CCCC=C2[N+]([O-])=Cc2c(F)ccn21. The third-order valence-corrected chi connectivity index (χ3v) is 3.31. The molecule has 2 heterocycles. The molecule has 2 aliphatic rings. The molecule has 0 bridgehead atoms. The van der Waals surface area contributed by atoms with Gasteiger partial charge < -0.3 is 5.21 Å². The van der Waals surface area contributed by atoms with Crippen LogP contribution in [0.4, 0.5) is 4.39 Å². The molecular formula is C12H11FN2O2. The van der Waals surface area contributed by atoms with Crippen LogP contribution < -0.4 is 0 Å². The van der Waals surface area contributed by atoms with Gasteiger partial charge in [-0.05, 0) is 31.4 Å². The minimum Gasteiger partial charge on any atom is -0.618 e. The van der Waals surface area contributed by atoms with E-state index >= 15 is 0 Å². The third kappa shape index (κ3) is 1.42. The van der Waals surface area contributed by atoms with E-state index in [0.29, 0.717) is 16.9 Å². The molecule has 1 aromatic heterocycles. The molecule has 5 heteroatoms. The molecule has 0 N–H and O–H groups in total. The molecule has 1 aromatic rings. The summed E-state index contributed by atoms with van der Waals surface area (Å²) >= 11 is 0. The fourth-order valence-electron chi connectivity index (χ4n) is 2.45. The molecule has 0 aromatic carbocycles. The predicted molar refractivity (Wildman–Crippen MR) is 59.2 cm³/mol. The lowest BCUT2D eigenvalue weighted by atomic mass is 9.91. The van der Waals surface area contributed by atoms with Gasteiger partial charge in [-0.2, -0.15) is 4.74 Å². The highest BCUT2D eigenvalue weighted by molar-refractivity contribution is 5.91. The molecule has 88 valence electrons. The number of rotatable bonds is 0. The number of allylic oxidation sites excluding steroid dienone is 2. The Morgan fingerprint density at radius 2 is 2.35 bits per heavy atom. The first-order valence-corrected chi connectivity index (χ1v) is 5.61. The predicted octanol–water partition coefficient (Wildman–Crippen LogP) is 1.89. The van der Waals surface area contributed by atoms with E-state index in [9.17, 15) is 14.4 Å². The smallest absolute Gasteiger partial charge is 0.245 e. The van der Waals surface area contributed by atoms with Gasteiger partial charge in [0.1, 0.15) is 11.6 Å². The van der Waals surface area contributed by atoms with Gasteiger partial charge in [0.15, 0.2) is 5.82 Å². The van der Waals surface area contributed by atoms with Crippen LogP contribution in [0.25, 0.3) is 0 Å². The molecule has 1 atom stereocenters. The monoisotopic (exact) mass is 234 g/mol. The number of carbonyl (C=O) groups is 1. The highest BCUT2D eigenvalue weighted by Crippen LogP contribution is 2.29. The fourth-order valence-corrected chi connectivity index (χ4v) is 2.45. The number of hydroxylamine groups is 1. The van der Waals surface area contributed by atoms with Crippen molar-refractivity contribution in [2.45, 2.75) is 19.3 Å². The van der Waals surface area contributed by atoms with Crippen molar-refractivity contribution in [2.24, 2.45) is 5.92 Å². The second-order valence-electron chi connectivity index (χ2n) is 4.32. The van der Waals surface area contributed by atoms with Crippen LogP contribution in [0.3, 0.4) is 0 Å². The summed E-state index contributed by atoms with van der Waals surface area (Å²) in [6.07, 6.45) is 6.63. The van der Waals surface area contributed by atoms with Crippen LogP contribution in [0.5, 0.6) is 0 Å². The summed E-state index contributed by atoms with van der Waals surface area (Å²) < 4.78 is 15.3. The maximum Gasteiger partial charge on any atom is 0.245 e. The summed E-state index contributed by atoms with van der Waals surface area (Å²) in [6, 6.07) is 1.20. The van der Waals surface area contributed by atoms with E-state index in [1.807, 2.05) is 0 Å². The summed E-state index contributed by atoms with van der Waals surface area (Å²) in [5, 5.41) is 11.9. The Hall–Kier alpha value is -1.91. The quantitative estimate of drug-likeness (QED) is 0.508. The number of aromatic nitrogens is 1. The summed E-state index contributed by atoms with van der Waals surface area (Å²) in [5.41, 5.74) is 0.490. The molecule has 0 saturated heterocycles. The molecule has 0 fully saturated rings. The molecule has 1 aliphatic carbocycles. The second-order valence-corrected chi connectivity index (χ2v) is 4.32. The molecule has 3 rings (SSSR count). The second kappa shape index (κ2) is 3.55. The zero-order valence-electron chi connectivity index (χ0n) is 9.10. The highest BCUT2D eigenvalue weighted by Gasteiger charge is 2.36. The largest absolute Gasteiger partial charge is 0.618 e. The van der Waals surface area contributed by atoms with Gasteiger partial charge >= 0.3 is 0 Å². The van der Waals surface area contributed by atoms with Gasteiger partial charge in [-0.1, -0.05) is 0 Å². The van der Waals surface area contributed by atoms with E-state index in [1.54, 1.807) is 6.08 Å². The van der Waals surface area contributed by atoms with Crippen molar-refractivity contribution < 1.29 is 13.9 Å². The number of nitrogens with zero attached hydrogens (tertiary/aromatic N) is 2. The van der Waals surface area contributed by atoms with E-state index in [1.165, 1.54) is 16.8 Å². The summed E-state index contributed by atoms with van der Waals surface area (Å²) in [5.74, 6) is -1.20. The molecule has 4 nitrogen and oxygen atoms in total. The van der Waals surface area contributed by atoms with Crippen molar-refractivity contribution in [3.05, 3.63) is 40.8 Å². The van der Waals surface area contributed by atoms with Gasteiger partial charge in [-0.25, -0.2) is 4.39 Å². The molecule has 0 radical (unpaired) electrons. The number of fused-ring (bicyclic) bond motifs is 2. The van der Waals surface area contributed by atoms with E-state index in [0.717, 1.165) is 19.1 Å². The summed E-state index contributed by atoms with van der Waals surface area (Å²) in [4.78, 5) is 12.2. The van der Waals surface area contributed by atoms with Crippen LogP contribution in [0.1, 0.15) is 29.8 Å². The Balaban J connectivity index is 2.22. The minimum absolute atomic E-state index is 0.0419. The normalized spacial score (nSPS) is 23.4. The standard InChI is InChI=1S/C12H11FN2O2/c13-9-5-6-14-11(9)7-15(17)10-4-2-1-3-8(10)12(14)16/h4-8H,1-3H2. The van der Waals surface area contributed by atoms with E-state index < -0.39 is 11.7 Å². The molecule has 1 unspecified atom stereocenters. The lowest BCUT2D eigenvalue weighted by Gasteiger charge is -2.18. The first kappa shape index (κ1) is 10.3. The maximum absolute atomic E-state index is 13.4. The van der Waals surface area contributed by atoms with E-state index in [-0.39, 0.29) is 11.6 Å². The van der Waals surface area contributed by atoms with Crippen molar-refractivity contribution in [2.75, 3.05) is 0 Å². The van der Waals surface area contributed by atoms with Crippen LogP contribution in [0.2, 0.25) is 0 Å². The first-order chi connectivity index (χ1) is 8.18. The molecule has 1 aliphatic heterocycles. The maximum atomic E-state index is 13.4. The Kier molecular flexibility index (Phi) is 2.14. The Labute approximate surface area is 97.2 Å². The summed E-state index contributed by atoms with van der Waals surface area (Å²) in [7, 11) is 0. The van der Waals surface area contributed by atoms with Crippen LogP contribution >= 0.6 is 0 Å². The van der Waals surface area contributed by atoms with Crippen molar-refractivity contribution in [1.29, 1.82) is 0 Å². The highest BCUT2D eigenvalue weighted by atomic mass is 19.1. The van der Waals surface area contributed by atoms with Gasteiger partial charge in [0.2, 0.25) is 17.8 Å². The lowest BCUT2D eigenvalue weighted by Crippen LogP contribution is -2.26. The van der Waals surface area contributed by atoms with Gasteiger partial charge in [0, 0.05) is 6.20 Å². The fraction of sp³-hybridized carbons (Fsp3) is 0.333. The zero-order chi connectivity index (χ0) is 12.0. The van der Waals surface area contributed by atoms with E-state index in [4.69, 9.17) is 0 Å². The van der Waals surface area contributed by atoms with Gasteiger partial charge in [0.25, 0.3) is 0 Å². The van der Waals surface area contributed by atoms with Gasteiger partial charge in [-0.15, -0.1) is 0 Å². The minimum atomic E-state index is -0.543. The molecular weight excluding hydrogens is 223 g/mol. The molecule has 0 saturated carbocycles. The van der Waals surface area contributed by atoms with Crippen LogP contribution in [-0.2, 0) is 0 Å². The van der Waals surface area contributed by atoms with Gasteiger partial charge in [-0.3, -0.25) is 9.36 Å². The molecule has 17 heavy (non-hydrogen) atoms. The average Bonchev–Trinajstić information content (AvgIpc) is 2.65. The third-order valence-electron chi connectivity index (χ3n) is 3.31. The first-order valence-electron chi connectivity index (χ1n) is 5.61. The zero-order valence-corrected chi connectivity index (χ0v) is 9.10. The van der Waals surface area contributed by atoms with Crippen molar-refractivity contribution in [3.8, 4) is 0 Å². The Bertz CT molecular complexity index is 557. The van der Waals surface area contributed by atoms with Gasteiger partial charge in [0.05, 0.1) is 0 Å². The van der Waals surface area contributed by atoms with Crippen LogP contribution in [0, 0.1) is 16.9 Å². The lowest BCUT2D eigenvalue weighted by molar-refractivity contribution is -0.403. The number of carbonyl (C=O) groups excluding carboxylic acids is 1. The molecule has 0 spiro atoms. The average molecular weight is 234 g/mol. The number of hydrogen-bond donors (Lipinski definition) is 0. The van der Waals surface area contributed by atoms with Crippen molar-refractivity contribution >= 4 is 12.1 Å².